The van der Waals surface area contributed by atoms with Crippen molar-refractivity contribution in [3.8, 4) is 11.5 Å². The van der Waals surface area contributed by atoms with Crippen LogP contribution in [-0.4, -0.2) is 48.2 Å². The first-order valence-electron chi connectivity index (χ1n) is 10.7. The standard InChI is InChI=1S/C22H31N3O5/c1-4-6-7-15(5-2)12-23-19(26)13-25-20(27)22(3,24-21(25)28)11-16-8-9-17-18(10-16)30-14-29-17/h8-10,15H,4-7,11-14H2,1-3H3,(H,23,26)(H,24,28)/t15-,22+/m0/s1. The minimum atomic E-state index is -1.11. The van der Waals surface area contributed by atoms with Gasteiger partial charge in [0.2, 0.25) is 12.7 Å². The number of benzene rings is 1. The van der Waals surface area contributed by atoms with Gasteiger partial charge in [-0.05, 0) is 37.0 Å². The Balaban J connectivity index is 1.57. The Morgan fingerprint density at radius 1 is 1.27 bits per heavy atom. The number of amides is 4. The number of carbonyl (C=O) groups is 3. The largest absolute Gasteiger partial charge is 0.454 e. The van der Waals surface area contributed by atoms with Crippen molar-refractivity contribution in [2.24, 2.45) is 5.92 Å². The Morgan fingerprint density at radius 2 is 2.03 bits per heavy atom. The van der Waals surface area contributed by atoms with Crippen molar-refractivity contribution >= 4 is 17.8 Å². The van der Waals surface area contributed by atoms with Crippen LogP contribution in [0.5, 0.6) is 11.5 Å². The van der Waals surface area contributed by atoms with E-state index in [2.05, 4.69) is 24.5 Å². The lowest BCUT2D eigenvalue weighted by atomic mass is 9.92. The summed E-state index contributed by atoms with van der Waals surface area (Å²) in [5, 5.41) is 5.61. The summed E-state index contributed by atoms with van der Waals surface area (Å²) >= 11 is 0. The second-order valence-electron chi connectivity index (χ2n) is 8.24. The third kappa shape index (κ3) is 4.86. The molecular weight excluding hydrogens is 386 g/mol. The number of rotatable bonds is 10. The van der Waals surface area contributed by atoms with Gasteiger partial charge in [-0.15, -0.1) is 0 Å². The van der Waals surface area contributed by atoms with Gasteiger partial charge >= 0.3 is 6.03 Å². The summed E-state index contributed by atoms with van der Waals surface area (Å²) in [4.78, 5) is 38.7. The summed E-state index contributed by atoms with van der Waals surface area (Å²) in [7, 11) is 0. The van der Waals surface area contributed by atoms with Gasteiger partial charge in [-0.3, -0.25) is 14.5 Å². The third-order valence-electron chi connectivity index (χ3n) is 5.77. The van der Waals surface area contributed by atoms with Gasteiger partial charge in [-0.1, -0.05) is 39.2 Å². The van der Waals surface area contributed by atoms with E-state index in [1.54, 1.807) is 13.0 Å². The van der Waals surface area contributed by atoms with Crippen LogP contribution in [0, 0.1) is 5.92 Å². The topological polar surface area (TPSA) is 97.0 Å². The molecule has 0 aromatic heterocycles. The van der Waals surface area contributed by atoms with Gasteiger partial charge in [0.05, 0.1) is 0 Å². The van der Waals surface area contributed by atoms with E-state index in [0.29, 0.717) is 30.4 Å². The number of imide groups is 1. The molecule has 3 rings (SSSR count). The normalized spacial score (nSPS) is 21.0. The molecule has 2 N–H and O–H groups in total. The molecule has 1 saturated heterocycles. The highest BCUT2D eigenvalue weighted by atomic mass is 16.7. The van der Waals surface area contributed by atoms with Crippen molar-refractivity contribution in [3.05, 3.63) is 23.8 Å². The van der Waals surface area contributed by atoms with Gasteiger partial charge in [-0.2, -0.15) is 0 Å². The molecule has 8 heteroatoms. The SMILES string of the molecule is CCCC[C@H](CC)CNC(=O)CN1C(=O)N[C@](C)(Cc2ccc3c(c2)OCO3)C1=O. The maximum Gasteiger partial charge on any atom is 0.325 e. The predicted molar refractivity (Wildman–Crippen MR) is 111 cm³/mol. The molecule has 0 saturated carbocycles. The molecule has 0 radical (unpaired) electrons. The van der Waals surface area contributed by atoms with E-state index in [0.717, 1.165) is 36.1 Å². The van der Waals surface area contributed by atoms with Gasteiger partial charge in [0.15, 0.2) is 11.5 Å². The highest BCUT2D eigenvalue weighted by molar-refractivity contribution is 6.08. The van der Waals surface area contributed by atoms with Crippen LogP contribution < -0.4 is 20.1 Å². The Kier molecular flexibility index (Phi) is 6.84. The Hall–Kier alpha value is -2.77. The first kappa shape index (κ1) is 21.9. The molecule has 1 aromatic carbocycles. The fraction of sp³-hybridized carbons (Fsp3) is 0.591. The molecule has 164 valence electrons. The molecular formula is C22H31N3O5. The van der Waals surface area contributed by atoms with Gasteiger partial charge in [0.1, 0.15) is 12.1 Å². The van der Waals surface area contributed by atoms with E-state index in [9.17, 15) is 14.4 Å². The second kappa shape index (κ2) is 9.36. The van der Waals surface area contributed by atoms with Crippen LogP contribution in [0.4, 0.5) is 4.79 Å². The molecule has 8 nitrogen and oxygen atoms in total. The van der Waals surface area contributed by atoms with Gasteiger partial charge < -0.3 is 20.1 Å². The van der Waals surface area contributed by atoms with E-state index in [-0.39, 0.29) is 19.2 Å². The van der Waals surface area contributed by atoms with Crippen LogP contribution in [0.3, 0.4) is 0 Å². The Morgan fingerprint density at radius 3 is 2.77 bits per heavy atom. The minimum Gasteiger partial charge on any atom is -0.454 e. The molecule has 0 bridgehead atoms. The molecule has 2 aliphatic heterocycles. The highest BCUT2D eigenvalue weighted by Crippen LogP contribution is 2.34. The highest BCUT2D eigenvalue weighted by Gasteiger charge is 2.48. The Bertz CT molecular complexity index is 812. The summed E-state index contributed by atoms with van der Waals surface area (Å²) in [6.45, 7) is 6.38. The summed E-state index contributed by atoms with van der Waals surface area (Å²) in [5.41, 5.74) is -0.276. The molecule has 1 fully saturated rings. The zero-order valence-electron chi connectivity index (χ0n) is 18.0. The Labute approximate surface area is 177 Å². The fourth-order valence-corrected chi connectivity index (χ4v) is 3.87. The first-order valence-corrected chi connectivity index (χ1v) is 10.7. The summed E-state index contributed by atoms with van der Waals surface area (Å²) in [6, 6.07) is 4.89. The summed E-state index contributed by atoms with van der Waals surface area (Å²) in [6.07, 6.45) is 4.58. The van der Waals surface area contributed by atoms with Crippen LogP contribution in [0.2, 0.25) is 0 Å². The molecule has 1 aromatic rings. The lowest BCUT2D eigenvalue weighted by Crippen LogP contribution is -2.47. The van der Waals surface area contributed by atoms with Gasteiger partial charge in [-0.25, -0.2) is 4.79 Å². The van der Waals surface area contributed by atoms with E-state index < -0.39 is 17.5 Å². The molecule has 0 unspecified atom stereocenters. The van der Waals surface area contributed by atoms with E-state index in [1.165, 1.54) is 0 Å². The van der Waals surface area contributed by atoms with E-state index in [4.69, 9.17) is 9.47 Å². The number of carbonyl (C=O) groups excluding carboxylic acids is 3. The van der Waals surface area contributed by atoms with Gasteiger partial charge in [0, 0.05) is 13.0 Å². The van der Waals surface area contributed by atoms with Crippen molar-refractivity contribution in [1.82, 2.24) is 15.5 Å². The molecule has 4 amide bonds. The van der Waals surface area contributed by atoms with Crippen molar-refractivity contribution in [3.63, 3.8) is 0 Å². The lowest BCUT2D eigenvalue weighted by molar-refractivity contribution is -0.134. The maximum absolute atomic E-state index is 13.0. The number of urea groups is 1. The van der Waals surface area contributed by atoms with Crippen molar-refractivity contribution in [2.45, 2.75) is 58.4 Å². The smallest absolute Gasteiger partial charge is 0.325 e. The molecule has 0 aliphatic carbocycles. The number of fused-ring (bicyclic) bond motifs is 1. The van der Waals surface area contributed by atoms with Crippen LogP contribution in [0.15, 0.2) is 18.2 Å². The first-order chi connectivity index (χ1) is 14.4. The quantitative estimate of drug-likeness (QED) is 0.571. The predicted octanol–water partition coefficient (Wildman–Crippen LogP) is 2.60. The number of hydrogen-bond donors (Lipinski definition) is 2. The molecule has 0 spiro atoms. The molecule has 30 heavy (non-hydrogen) atoms. The number of nitrogens with zero attached hydrogens (tertiary/aromatic N) is 1. The van der Waals surface area contributed by atoms with Gasteiger partial charge in [0.25, 0.3) is 5.91 Å². The van der Waals surface area contributed by atoms with E-state index >= 15 is 0 Å². The second-order valence-corrected chi connectivity index (χ2v) is 8.24. The number of unbranched alkanes of at least 4 members (excludes halogenated alkanes) is 1. The fourth-order valence-electron chi connectivity index (χ4n) is 3.87. The summed E-state index contributed by atoms with van der Waals surface area (Å²) in [5.74, 6) is 0.971. The zero-order chi connectivity index (χ0) is 21.7. The van der Waals surface area contributed by atoms with Crippen LogP contribution in [0.1, 0.15) is 52.0 Å². The average Bonchev–Trinajstić information content (AvgIpc) is 3.26. The molecule has 2 heterocycles. The zero-order valence-corrected chi connectivity index (χ0v) is 18.0. The van der Waals surface area contributed by atoms with E-state index in [1.807, 2.05) is 12.1 Å². The van der Waals surface area contributed by atoms with Crippen LogP contribution >= 0.6 is 0 Å². The van der Waals surface area contributed by atoms with Crippen molar-refractivity contribution in [1.29, 1.82) is 0 Å². The minimum absolute atomic E-state index is 0.173. The monoisotopic (exact) mass is 417 g/mol. The summed E-state index contributed by atoms with van der Waals surface area (Å²) < 4.78 is 10.7. The number of nitrogens with one attached hydrogen (secondary N) is 2. The van der Waals surface area contributed by atoms with Crippen molar-refractivity contribution in [2.75, 3.05) is 19.9 Å². The number of hydrogen-bond acceptors (Lipinski definition) is 5. The lowest BCUT2D eigenvalue weighted by Gasteiger charge is -2.22. The number of ether oxygens (including phenoxy) is 2. The van der Waals surface area contributed by atoms with Crippen molar-refractivity contribution < 1.29 is 23.9 Å². The molecule has 2 aliphatic rings. The average molecular weight is 418 g/mol. The van der Waals surface area contributed by atoms with Crippen LogP contribution in [0.25, 0.3) is 0 Å². The van der Waals surface area contributed by atoms with Crippen LogP contribution in [-0.2, 0) is 16.0 Å². The molecule has 2 atom stereocenters. The third-order valence-corrected chi connectivity index (χ3v) is 5.77. The maximum atomic E-state index is 13.0.